The minimum Gasteiger partial charge on any atom is -0.351 e. The number of thiazole rings is 1. The quantitative estimate of drug-likeness (QED) is 0.548. The molecule has 0 aliphatic carbocycles. The summed E-state index contributed by atoms with van der Waals surface area (Å²) in [7, 11) is 1.91. The van der Waals surface area contributed by atoms with Crippen molar-refractivity contribution in [1.82, 2.24) is 24.9 Å². The van der Waals surface area contributed by atoms with Gasteiger partial charge in [0.15, 0.2) is 15.8 Å². The highest BCUT2D eigenvalue weighted by Gasteiger charge is 2.15. The third-order valence-corrected chi connectivity index (χ3v) is 6.37. The number of aromatic nitrogens is 5. The molecule has 122 valence electrons. The lowest BCUT2D eigenvalue weighted by molar-refractivity contribution is 0.830. The molecule has 0 radical (unpaired) electrons. The van der Waals surface area contributed by atoms with Crippen molar-refractivity contribution in [2.75, 3.05) is 18.2 Å². The van der Waals surface area contributed by atoms with Crippen LogP contribution in [0, 0.1) is 0 Å². The summed E-state index contributed by atoms with van der Waals surface area (Å²) in [6.07, 6.45) is 3.50. The maximum atomic E-state index is 12.1. The fourth-order valence-electron chi connectivity index (χ4n) is 2.38. The number of nitrogens with one attached hydrogen (secondary N) is 1. The first-order chi connectivity index (χ1) is 11.7. The zero-order valence-corrected chi connectivity index (χ0v) is 15.3. The minimum atomic E-state index is -0.103. The largest absolute Gasteiger partial charge is 0.351 e. The number of nitrogens with zero attached hydrogens (tertiary/aromatic N) is 5. The standard InChI is InChI=1S/C14H12N6OS3/c1-20(5-8-17-7-3-4-23-9(7)13(21)18-8)12-10-11(15-6-16-12)19-14(22-2)24-10/h3-4,6H,5H2,1-2H3,(H,17,18,21). The number of anilines is 1. The monoisotopic (exact) mass is 376 g/mol. The molecule has 0 aliphatic heterocycles. The van der Waals surface area contributed by atoms with Crippen LogP contribution in [-0.2, 0) is 6.54 Å². The molecule has 0 atom stereocenters. The van der Waals surface area contributed by atoms with E-state index in [0.29, 0.717) is 22.7 Å². The summed E-state index contributed by atoms with van der Waals surface area (Å²) in [4.78, 5) is 34.5. The summed E-state index contributed by atoms with van der Waals surface area (Å²) in [5.41, 5.74) is 1.31. The van der Waals surface area contributed by atoms with Crippen LogP contribution < -0.4 is 10.5 Å². The van der Waals surface area contributed by atoms with Gasteiger partial charge in [-0.1, -0.05) is 11.8 Å². The van der Waals surface area contributed by atoms with Crippen molar-refractivity contribution in [2.24, 2.45) is 0 Å². The number of aromatic amines is 1. The number of hydrogen-bond donors (Lipinski definition) is 1. The Morgan fingerprint density at radius 3 is 3.00 bits per heavy atom. The molecule has 0 bridgehead atoms. The fourth-order valence-corrected chi connectivity index (χ4v) is 4.66. The van der Waals surface area contributed by atoms with Crippen molar-refractivity contribution in [3.05, 3.63) is 34.0 Å². The summed E-state index contributed by atoms with van der Waals surface area (Å²) < 4.78 is 2.53. The number of thioether (sulfide) groups is 1. The van der Waals surface area contributed by atoms with E-state index in [1.165, 1.54) is 17.7 Å². The Balaban J connectivity index is 1.71. The Morgan fingerprint density at radius 2 is 2.17 bits per heavy atom. The molecule has 4 rings (SSSR count). The van der Waals surface area contributed by atoms with E-state index in [9.17, 15) is 4.79 Å². The SMILES string of the molecule is CSc1nc2ncnc(N(C)Cc3nc4ccsc4c(=O)[nH]3)c2s1. The van der Waals surface area contributed by atoms with Crippen LogP contribution >= 0.6 is 34.4 Å². The maximum absolute atomic E-state index is 12.1. The molecule has 10 heteroatoms. The molecule has 4 aromatic rings. The van der Waals surface area contributed by atoms with Crippen LogP contribution in [0.5, 0.6) is 0 Å². The Kier molecular flexibility index (Phi) is 3.94. The molecule has 0 spiro atoms. The van der Waals surface area contributed by atoms with Crippen LogP contribution in [0.3, 0.4) is 0 Å². The molecular formula is C14H12N6OS3. The normalized spacial score (nSPS) is 11.4. The molecule has 4 aromatic heterocycles. The van der Waals surface area contributed by atoms with Crippen LogP contribution in [0.15, 0.2) is 26.9 Å². The first-order valence-corrected chi connectivity index (χ1v) is 9.91. The molecule has 24 heavy (non-hydrogen) atoms. The Labute approximate surface area is 148 Å². The zero-order valence-electron chi connectivity index (χ0n) is 12.8. The van der Waals surface area contributed by atoms with Crippen LogP contribution in [-0.4, -0.2) is 38.2 Å². The average Bonchev–Trinajstić information content (AvgIpc) is 3.20. The van der Waals surface area contributed by atoms with Crippen LogP contribution in [0.1, 0.15) is 5.82 Å². The maximum Gasteiger partial charge on any atom is 0.268 e. The van der Waals surface area contributed by atoms with Gasteiger partial charge in [0, 0.05) is 7.05 Å². The van der Waals surface area contributed by atoms with E-state index in [0.717, 1.165) is 20.4 Å². The third kappa shape index (κ3) is 2.66. The number of H-pyrrole nitrogens is 1. The van der Waals surface area contributed by atoms with Gasteiger partial charge in [0.05, 0.1) is 12.1 Å². The highest BCUT2D eigenvalue weighted by Crippen LogP contribution is 2.32. The lowest BCUT2D eigenvalue weighted by atomic mass is 10.4. The van der Waals surface area contributed by atoms with Gasteiger partial charge in [-0.25, -0.2) is 19.9 Å². The summed E-state index contributed by atoms with van der Waals surface area (Å²) in [5.74, 6) is 1.39. The van der Waals surface area contributed by atoms with Crippen molar-refractivity contribution < 1.29 is 0 Å². The second-order valence-electron chi connectivity index (χ2n) is 5.04. The summed E-state index contributed by atoms with van der Waals surface area (Å²) >= 11 is 4.55. The topological polar surface area (TPSA) is 87.7 Å². The molecule has 0 saturated heterocycles. The van der Waals surface area contributed by atoms with Crippen LogP contribution in [0.2, 0.25) is 0 Å². The molecule has 0 saturated carbocycles. The first kappa shape index (κ1) is 15.5. The van der Waals surface area contributed by atoms with E-state index in [2.05, 4.69) is 24.9 Å². The highest BCUT2D eigenvalue weighted by molar-refractivity contribution is 8.00. The minimum absolute atomic E-state index is 0.103. The highest BCUT2D eigenvalue weighted by atomic mass is 32.2. The Hall–Kier alpha value is -2.04. The second-order valence-corrected chi connectivity index (χ2v) is 8.01. The van der Waals surface area contributed by atoms with Gasteiger partial charge in [-0.3, -0.25) is 4.79 Å². The van der Waals surface area contributed by atoms with Crippen LogP contribution in [0.4, 0.5) is 5.82 Å². The first-order valence-electron chi connectivity index (χ1n) is 6.99. The van der Waals surface area contributed by atoms with E-state index < -0.39 is 0 Å². The molecule has 0 fully saturated rings. The van der Waals surface area contributed by atoms with Gasteiger partial charge in [0.2, 0.25) is 0 Å². The molecule has 0 aromatic carbocycles. The number of rotatable bonds is 4. The van der Waals surface area contributed by atoms with Gasteiger partial charge >= 0.3 is 0 Å². The van der Waals surface area contributed by atoms with Crippen molar-refractivity contribution >= 4 is 60.8 Å². The number of hydrogen-bond acceptors (Lipinski definition) is 9. The summed E-state index contributed by atoms with van der Waals surface area (Å²) in [6, 6.07) is 1.86. The average molecular weight is 376 g/mol. The second kappa shape index (κ2) is 6.11. The van der Waals surface area contributed by atoms with Crippen molar-refractivity contribution in [2.45, 2.75) is 10.9 Å². The predicted molar refractivity (Wildman–Crippen MR) is 99.3 cm³/mol. The van der Waals surface area contributed by atoms with Gasteiger partial charge < -0.3 is 9.88 Å². The molecule has 0 aliphatic rings. The van der Waals surface area contributed by atoms with E-state index >= 15 is 0 Å². The van der Waals surface area contributed by atoms with E-state index in [1.54, 1.807) is 23.1 Å². The Bertz CT molecular complexity index is 1080. The molecule has 4 heterocycles. The van der Waals surface area contributed by atoms with Crippen molar-refractivity contribution in [1.29, 1.82) is 0 Å². The summed E-state index contributed by atoms with van der Waals surface area (Å²) in [5, 5.41) is 1.87. The van der Waals surface area contributed by atoms with Gasteiger partial charge in [-0.05, 0) is 17.7 Å². The number of thiophene rings is 1. The van der Waals surface area contributed by atoms with Gasteiger partial charge in [0.25, 0.3) is 5.56 Å². The smallest absolute Gasteiger partial charge is 0.268 e. The molecule has 1 N–H and O–H groups in total. The molecular weight excluding hydrogens is 364 g/mol. The Morgan fingerprint density at radius 1 is 1.29 bits per heavy atom. The fraction of sp³-hybridized carbons (Fsp3) is 0.214. The lowest BCUT2D eigenvalue weighted by Gasteiger charge is -2.17. The van der Waals surface area contributed by atoms with Gasteiger partial charge in [0.1, 0.15) is 21.6 Å². The summed E-state index contributed by atoms with van der Waals surface area (Å²) in [6.45, 7) is 0.444. The van der Waals surface area contributed by atoms with Crippen molar-refractivity contribution in [3.8, 4) is 0 Å². The van der Waals surface area contributed by atoms with Gasteiger partial charge in [-0.2, -0.15) is 0 Å². The number of fused-ring (bicyclic) bond motifs is 2. The van der Waals surface area contributed by atoms with E-state index in [-0.39, 0.29) is 5.56 Å². The van der Waals surface area contributed by atoms with E-state index in [4.69, 9.17) is 0 Å². The van der Waals surface area contributed by atoms with E-state index in [1.807, 2.05) is 29.6 Å². The molecule has 0 unspecified atom stereocenters. The van der Waals surface area contributed by atoms with Crippen LogP contribution in [0.25, 0.3) is 20.6 Å². The lowest BCUT2D eigenvalue weighted by Crippen LogP contribution is -2.22. The zero-order chi connectivity index (χ0) is 16.7. The molecule has 0 amide bonds. The predicted octanol–water partition coefficient (Wildman–Crippen LogP) is 2.74. The molecule has 7 nitrogen and oxygen atoms in total. The van der Waals surface area contributed by atoms with Gasteiger partial charge in [-0.15, -0.1) is 22.7 Å². The van der Waals surface area contributed by atoms with Crippen molar-refractivity contribution in [3.63, 3.8) is 0 Å². The third-order valence-electron chi connectivity index (χ3n) is 3.44.